The number of nitrogens with one attached hydrogen (secondary N) is 1. The molecule has 0 aliphatic carbocycles. The van der Waals surface area contributed by atoms with E-state index in [1.165, 1.54) is 6.42 Å². The maximum atomic E-state index is 4.07. The highest BCUT2D eigenvalue weighted by Crippen LogP contribution is 2.22. The van der Waals surface area contributed by atoms with Crippen LogP contribution in [-0.2, 0) is 0 Å². The van der Waals surface area contributed by atoms with Gasteiger partial charge < -0.3 is 5.32 Å². The number of aromatic nitrogens is 2. The van der Waals surface area contributed by atoms with E-state index in [0.717, 1.165) is 21.6 Å². The lowest BCUT2D eigenvalue weighted by atomic mass is 10.1. The fourth-order valence-corrected chi connectivity index (χ4v) is 2.86. The van der Waals surface area contributed by atoms with Crippen molar-refractivity contribution < 1.29 is 0 Å². The molecule has 86 valence electrons. The number of rotatable bonds is 5. The zero-order valence-electron chi connectivity index (χ0n) is 9.83. The third-order valence-electron chi connectivity index (χ3n) is 1.71. The molecule has 1 heterocycles. The highest BCUT2D eigenvalue weighted by molar-refractivity contribution is 8.01. The van der Waals surface area contributed by atoms with Gasteiger partial charge in [-0.1, -0.05) is 23.1 Å². The van der Waals surface area contributed by atoms with Crippen LogP contribution < -0.4 is 5.32 Å². The van der Waals surface area contributed by atoms with E-state index < -0.39 is 0 Å². The smallest absolute Gasteiger partial charge is 0.174 e. The van der Waals surface area contributed by atoms with Crippen LogP contribution in [0.2, 0.25) is 0 Å². The molecule has 0 spiro atoms. The van der Waals surface area contributed by atoms with Gasteiger partial charge in [0.25, 0.3) is 0 Å². The van der Waals surface area contributed by atoms with E-state index >= 15 is 0 Å². The van der Waals surface area contributed by atoms with Gasteiger partial charge in [-0.3, -0.25) is 0 Å². The second-order valence-corrected chi connectivity index (χ2v) is 6.99. The Morgan fingerprint density at radius 2 is 2.07 bits per heavy atom. The first-order chi connectivity index (χ1) is 6.97. The lowest BCUT2D eigenvalue weighted by Gasteiger charge is -2.20. The average Bonchev–Trinajstić information content (AvgIpc) is 2.49. The third-order valence-corrected chi connectivity index (χ3v) is 3.77. The van der Waals surface area contributed by atoms with Crippen molar-refractivity contribution >= 4 is 23.1 Å². The normalized spacial score (nSPS) is 12.0. The molecule has 5 heteroatoms. The minimum Gasteiger partial charge on any atom is -0.312 e. The molecule has 0 amide bonds. The van der Waals surface area contributed by atoms with Gasteiger partial charge in [-0.25, -0.2) is 0 Å². The number of hydrogen-bond donors (Lipinski definition) is 1. The van der Waals surface area contributed by atoms with Crippen LogP contribution >= 0.6 is 23.1 Å². The van der Waals surface area contributed by atoms with Crippen molar-refractivity contribution in [2.45, 2.75) is 44.0 Å². The summed E-state index contributed by atoms with van der Waals surface area (Å²) in [6, 6.07) is 0. The highest BCUT2D eigenvalue weighted by Gasteiger charge is 2.07. The molecule has 0 aliphatic rings. The molecule has 1 aromatic heterocycles. The molecule has 1 aromatic rings. The van der Waals surface area contributed by atoms with Crippen LogP contribution in [0, 0.1) is 6.92 Å². The Hall–Kier alpha value is -0.130. The minimum absolute atomic E-state index is 0.226. The van der Waals surface area contributed by atoms with Crippen molar-refractivity contribution in [3.63, 3.8) is 0 Å². The van der Waals surface area contributed by atoms with Gasteiger partial charge in [-0.05, 0) is 40.7 Å². The van der Waals surface area contributed by atoms with E-state index in [1.807, 2.05) is 6.92 Å². The summed E-state index contributed by atoms with van der Waals surface area (Å²) in [6.07, 6.45) is 1.17. The number of aryl methyl sites for hydroxylation is 1. The van der Waals surface area contributed by atoms with Crippen LogP contribution in [0.1, 0.15) is 32.2 Å². The SMILES string of the molecule is Cc1nnc(SCCCNC(C)(C)C)s1. The fraction of sp³-hybridized carbons (Fsp3) is 0.800. The van der Waals surface area contributed by atoms with Crippen molar-refractivity contribution in [1.82, 2.24) is 15.5 Å². The first kappa shape index (κ1) is 12.9. The Morgan fingerprint density at radius 1 is 1.33 bits per heavy atom. The summed E-state index contributed by atoms with van der Waals surface area (Å²) in [7, 11) is 0. The zero-order chi connectivity index (χ0) is 11.3. The van der Waals surface area contributed by atoms with Gasteiger partial charge in [-0.15, -0.1) is 10.2 Å². The molecule has 0 saturated carbocycles. The molecule has 3 nitrogen and oxygen atoms in total. The van der Waals surface area contributed by atoms with Crippen molar-refractivity contribution in [2.24, 2.45) is 0 Å². The van der Waals surface area contributed by atoms with Crippen LogP contribution in [-0.4, -0.2) is 28.0 Å². The molecular weight excluding hydrogens is 226 g/mol. The standard InChI is InChI=1S/C10H19N3S2/c1-8-12-13-9(15-8)14-7-5-6-11-10(2,3)4/h11H,5-7H2,1-4H3. The number of thioether (sulfide) groups is 1. The molecule has 0 aliphatic heterocycles. The molecule has 1 N–H and O–H groups in total. The van der Waals surface area contributed by atoms with Gasteiger partial charge >= 0.3 is 0 Å². The Kier molecular flexibility index (Phi) is 5.02. The second kappa shape index (κ2) is 5.82. The summed E-state index contributed by atoms with van der Waals surface area (Å²) >= 11 is 3.47. The van der Waals surface area contributed by atoms with Gasteiger partial charge in [0.2, 0.25) is 0 Å². The fourth-order valence-electron chi connectivity index (χ4n) is 1.03. The lowest BCUT2D eigenvalue weighted by molar-refractivity contribution is 0.427. The van der Waals surface area contributed by atoms with E-state index in [4.69, 9.17) is 0 Å². The topological polar surface area (TPSA) is 37.8 Å². The second-order valence-electron chi connectivity index (χ2n) is 4.47. The van der Waals surface area contributed by atoms with Crippen molar-refractivity contribution in [1.29, 1.82) is 0 Å². The third kappa shape index (κ3) is 6.12. The van der Waals surface area contributed by atoms with Gasteiger partial charge in [0.15, 0.2) is 4.34 Å². The van der Waals surface area contributed by atoms with Crippen LogP contribution in [0.25, 0.3) is 0 Å². The molecule has 0 aromatic carbocycles. The van der Waals surface area contributed by atoms with Crippen LogP contribution in [0.3, 0.4) is 0 Å². The molecule has 15 heavy (non-hydrogen) atoms. The summed E-state index contributed by atoms with van der Waals surface area (Å²) in [5.74, 6) is 1.11. The molecule has 0 atom stereocenters. The van der Waals surface area contributed by atoms with E-state index in [2.05, 4.69) is 36.3 Å². The number of hydrogen-bond acceptors (Lipinski definition) is 5. The highest BCUT2D eigenvalue weighted by atomic mass is 32.2. The summed E-state index contributed by atoms with van der Waals surface area (Å²) in [6.45, 7) is 9.62. The first-order valence-corrected chi connectivity index (χ1v) is 6.95. The predicted molar refractivity (Wildman–Crippen MR) is 67.7 cm³/mol. The van der Waals surface area contributed by atoms with Crippen molar-refractivity contribution in [2.75, 3.05) is 12.3 Å². The Balaban J connectivity index is 2.07. The quantitative estimate of drug-likeness (QED) is 0.639. The summed E-state index contributed by atoms with van der Waals surface area (Å²) in [5.41, 5.74) is 0.226. The monoisotopic (exact) mass is 245 g/mol. The molecule has 0 bridgehead atoms. The van der Waals surface area contributed by atoms with Crippen molar-refractivity contribution in [3.05, 3.63) is 5.01 Å². The average molecular weight is 245 g/mol. The van der Waals surface area contributed by atoms with E-state index in [9.17, 15) is 0 Å². The number of nitrogens with zero attached hydrogens (tertiary/aromatic N) is 2. The zero-order valence-corrected chi connectivity index (χ0v) is 11.5. The Bertz CT molecular complexity index is 291. The van der Waals surface area contributed by atoms with Crippen molar-refractivity contribution in [3.8, 4) is 0 Å². The van der Waals surface area contributed by atoms with Gasteiger partial charge in [0, 0.05) is 11.3 Å². The Labute approximate surface area is 100 Å². The van der Waals surface area contributed by atoms with Gasteiger partial charge in [0.1, 0.15) is 5.01 Å². The van der Waals surface area contributed by atoms with Crippen LogP contribution in [0.4, 0.5) is 0 Å². The minimum atomic E-state index is 0.226. The molecule has 0 radical (unpaired) electrons. The maximum Gasteiger partial charge on any atom is 0.174 e. The molecular formula is C10H19N3S2. The van der Waals surface area contributed by atoms with E-state index in [-0.39, 0.29) is 5.54 Å². The Morgan fingerprint density at radius 3 is 2.60 bits per heavy atom. The van der Waals surface area contributed by atoms with Gasteiger partial charge in [0.05, 0.1) is 0 Å². The van der Waals surface area contributed by atoms with Crippen LogP contribution in [0.15, 0.2) is 4.34 Å². The summed E-state index contributed by atoms with van der Waals surface area (Å²) in [4.78, 5) is 0. The van der Waals surface area contributed by atoms with E-state index in [1.54, 1.807) is 23.1 Å². The van der Waals surface area contributed by atoms with Crippen LogP contribution in [0.5, 0.6) is 0 Å². The predicted octanol–water partition coefficient (Wildman–Crippen LogP) is 2.72. The summed E-state index contributed by atoms with van der Waals surface area (Å²) < 4.78 is 1.09. The largest absolute Gasteiger partial charge is 0.312 e. The molecule has 1 rings (SSSR count). The maximum absolute atomic E-state index is 4.07. The van der Waals surface area contributed by atoms with Gasteiger partial charge in [-0.2, -0.15) is 0 Å². The molecule has 0 saturated heterocycles. The molecule has 0 fully saturated rings. The molecule has 0 unspecified atom stereocenters. The lowest BCUT2D eigenvalue weighted by Crippen LogP contribution is -2.36. The summed E-state index contributed by atoms with van der Waals surface area (Å²) in [5, 5.41) is 12.6. The first-order valence-electron chi connectivity index (χ1n) is 5.15. The van der Waals surface area contributed by atoms with E-state index in [0.29, 0.717) is 0 Å².